The first-order chi connectivity index (χ1) is 22.0. The van der Waals surface area contributed by atoms with Gasteiger partial charge in [0.25, 0.3) is 0 Å². The molecular weight excluding hydrogens is 565 g/mol. The molecule has 230 valence electrons. The smallest absolute Gasteiger partial charge is 0.138 e. The van der Waals surface area contributed by atoms with Gasteiger partial charge in [0.05, 0.1) is 23.1 Å². The van der Waals surface area contributed by atoms with Crippen molar-refractivity contribution < 1.29 is 4.39 Å². The minimum atomic E-state index is -0.288. The fraction of sp³-hybridized carbons (Fsp3) is 0.314. The van der Waals surface area contributed by atoms with Gasteiger partial charge in [-0.2, -0.15) is 5.10 Å². The van der Waals surface area contributed by atoms with Gasteiger partial charge in [0.15, 0.2) is 0 Å². The highest BCUT2D eigenvalue weighted by molar-refractivity contribution is 6.00. The molecule has 45 heavy (non-hydrogen) atoms. The molecule has 0 unspecified atom stereocenters. The molecule has 1 aliphatic rings. The van der Waals surface area contributed by atoms with E-state index in [1.165, 1.54) is 37.6 Å². The van der Waals surface area contributed by atoms with Crippen molar-refractivity contribution in [3.63, 3.8) is 0 Å². The third-order valence-electron chi connectivity index (χ3n) is 8.56. The lowest BCUT2D eigenvalue weighted by Crippen LogP contribution is -2.20. The lowest BCUT2D eigenvalue weighted by molar-refractivity contribution is 0.334. The zero-order valence-electron chi connectivity index (χ0n) is 25.8. The van der Waals surface area contributed by atoms with Gasteiger partial charge in [0.1, 0.15) is 17.2 Å². The van der Waals surface area contributed by atoms with E-state index in [4.69, 9.17) is 4.98 Å². The van der Waals surface area contributed by atoms with Crippen molar-refractivity contribution in [1.82, 2.24) is 39.9 Å². The molecule has 0 amide bonds. The number of nitrogens with zero attached hydrogens (tertiary/aromatic N) is 6. The molecule has 0 aliphatic carbocycles. The zero-order valence-corrected chi connectivity index (χ0v) is 25.8. The van der Waals surface area contributed by atoms with Crippen LogP contribution >= 0.6 is 0 Å². The van der Waals surface area contributed by atoms with E-state index in [1.807, 2.05) is 50.9 Å². The molecule has 7 rings (SSSR count). The van der Waals surface area contributed by atoms with E-state index < -0.39 is 0 Å². The van der Waals surface area contributed by atoms with Gasteiger partial charge in [-0.05, 0) is 119 Å². The number of nitrogens with one attached hydrogen (secondary N) is 3. The van der Waals surface area contributed by atoms with Gasteiger partial charge in [-0.15, -0.1) is 0 Å². The topological polar surface area (TPSA) is 102 Å². The van der Waals surface area contributed by atoms with Crippen LogP contribution in [0.3, 0.4) is 0 Å². The van der Waals surface area contributed by atoms with E-state index in [1.54, 1.807) is 12.3 Å². The quantitative estimate of drug-likeness (QED) is 0.158. The molecule has 1 aliphatic heterocycles. The van der Waals surface area contributed by atoms with Crippen LogP contribution in [-0.4, -0.2) is 86.8 Å². The molecule has 0 spiro atoms. The highest BCUT2D eigenvalue weighted by atomic mass is 19.1. The molecule has 1 saturated heterocycles. The molecular formula is C35H38FN9. The van der Waals surface area contributed by atoms with Gasteiger partial charge in [-0.3, -0.25) is 15.1 Å². The highest BCUT2D eigenvalue weighted by Gasteiger charge is 2.17. The van der Waals surface area contributed by atoms with Gasteiger partial charge in [-0.25, -0.2) is 9.37 Å². The van der Waals surface area contributed by atoms with E-state index >= 15 is 0 Å². The minimum absolute atomic E-state index is 0.288. The van der Waals surface area contributed by atoms with Crippen LogP contribution in [0.15, 0.2) is 67.3 Å². The Morgan fingerprint density at radius 1 is 0.956 bits per heavy atom. The fourth-order valence-electron chi connectivity index (χ4n) is 6.23. The normalized spacial score (nSPS) is 13.9. The number of anilines is 1. The molecule has 5 aromatic heterocycles. The van der Waals surface area contributed by atoms with Crippen LogP contribution in [0.25, 0.3) is 55.7 Å². The number of H-pyrrole nitrogens is 2. The lowest BCUT2D eigenvalue weighted by atomic mass is 10.0. The number of hydrogen-bond donors (Lipinski definition) is 3. The van der Waals surface area contributed by atoms with Crippen molar-refractivity contribution in [2.24, 2.45) is 0 Å². The second-order valence-corrected chi connectivity index (χ2v) is 12.2. The van der Waals surface area contributed by atoms with Gasteiger partial charge in [0, 0.05) is 53.7 Å². The molecule has 6 aromatic rings. The summed E-state index contributed by atoms with van der Waals surface area (Å²) in [7, 11) is 4.03. The number of aromatic amines is 2. The number of halogens is 1. The fourth-order valence-corrected chi connectivity index (χ4v) is 6.23. The number of fused-ring (bicyclic) bond motifs is 2. The Labute approximate surface area is 261 Å². The summed E-state index contributed by atoms with van der Waals surface area (Å²) in [5, 5.41) is 13.0. The van der Waals surface area contributed by atoms with Crippen LogP contribution in [0.2, 0.25) is 0 Å². The van der Waals surface area contributed by atoms with Crippen LogP contribution in [0.4, 0.5) is 10.1 Å². The Bertz CT molecular complexity index is 1940. The van der Waals surface area contributed by atoms with Crippen LogP contribution in [0.1, 0.15) is 24.8 Å². The molecule has 0 atom stereocenters. The maximum absolute atomic E-state index is 14.7. The Kier molecular flexibility index (Phi) is 8.23. The summed E-state index contributed by atoms with van der Waals surface area (Å²) >= 11 is 0. The summed E-state index contributed by atoms with van der Waals surface area (Å²) in [6, 6.07) is 13.3. The van der Waals surface area contributed by atoms with Gasteiger partial charge in [0.2, 0.25) is 0 Å². The number of aromatic nitrogens is 6. The molecule has 9 nitrogen and oxygen atoms in total. The first-order valence-electron chi connectivity index (χ1n) is 15.7. The van der Waals surface area contributed by atoms with E-state index in [9.17, 15) is 4.39 Å². The second kappa shape index (κ2) is 12.7. The summed E-state index contributed by atoms with van der Waals surface area (Å²) in [6.45, 7) is 5.16. The molecule has 0 radical (unpaired) electrons. The van der Waals surface area contributed by atoms with Gasteiger partial charge >= 0.3 is 0 Å². The first-order valence-corrected chi connectivity index (χ1v) is 15.7. The minimum Gasteiger partial charge on any atom is -0.384 e. The third kappa shape index (κ3) is 6.43. The monoisotopic (exact) mass is 603 g/mol. The third-order valence-corrected chi connectivity index (χ3v) is 8.56. The van der Waals surface area contributed by atoms with Gasteiger partial charge < -0.3 is 20.1 Å². The van der Waals surface area contributed by atoms with Crippen LogP contribution in [-0.2, 0) is 6.42 Å². The Morgan fingerprint density at radius 3 is 2.71 bits per heavy atom. The predicted octanol–water partition coefficient (Wildman–Crippen LogP) is 6.37. The average molecular weight is 604 g/mol. The second-order valence-electron chi connectivity index (χ2n) is 12.2. The van der Waals surface area contributed by atoms with Crippen molar-refractivity contribution in [2.45, 2.75) is 25.7 Å². The zero-order chi connectivity index (χ0) is 30.8. The number of hydrogen-bond acceptors (Lipinski definition) is 7. The summed E-state index contributed by atoms with van der Waals surface area (Å²) in [5.74, 6) is -0.288. The maximum Gasteiger partial charge on any atom is 0.138 e. The average Bonchev–Trinajstić information content (AvgIpc) is 3.80. The number of aryl methyl sites for hydroxylation is 1. The molecule has 0 saturated carbocycles. The van der Waals surface area contributed by atoms with Crippen LogP contribution < -0.4 is 5.32 Å². The molecule has 1 aromatic carbocycles. The Balaban J connectivity index is 1.17. The van der Waals surface area contributed by atoms with Crippen LogP contribution in [0, 0.1) is 5.82 Å². The van der Waals surface area contributed by atoms with Crippen molar-refractivity contribution in [3.05, 3.63) is 78.6 Å². The molecule has 10 heteroatoms. The SMILES string of the molecule is CN(C)CCNc1cc(F)cc(-c2ccnc3[nH]c(-c4n[nH]c5cnc(-c6cncc(CCCN7CCCC7)c6)cc45)cc23)c1. The number of benzene rings is 1. The number of pyridine rings is 3. The summed E-state index contributed by atoms with van der Waals surface area (Å²) in [5.41, 5.74) is 8.64. The number of rotatable bonds is 11. The van der Waals surface area contributed by atoms with Crippen molar-refractivity contribution in [2.75, 3.05) is 52.1 Å². The van der Waals surface area contributed by atoms with Gasteiger partial charge in [-0.1, -0.05) is 0 Å². The first kappa shape index (κ1) is 29.1. The van der Waals surface area contributed by atoms with E-state index in [-0.39, 0.29) is 5.82 Å². The summed E-state index contributed by atoms with van der Waals surface area (Å²) in [4.78, 5) is 21.9. The lowest BCUT2D eigenvalue weighted by Gasteiger charge is -2.14. The summed E-state index contributed by atoms with van der Waals surface area (Å²) in [6.07, 6.45) is 12.2. The maximum atomic E-state index is 14.7. The Morgan fingerprint density at radius 2 is 1.84 bits per heavy atom. The molecule has 1 fully saturated rings. The van der Waals surface area contributed by atoms with E-state index in [0.717, 1.165) is 88.2 Å². The predicted molar refractivity (Wildman–Crippen MR) is 179 cm³/mol. The largest absolute Gasteiger partial charge is 0.384 e. The van der Waals surface area contributed by atoms with E-state index in [2.05, 4.69) is 52.4 Å². The molecule has 6 heterocycles. The van der Waals surface area contributed by atoms with Crippen molar-refractivity contribution in [1.29, 1.82) is 0 Å². The van der Waals surface area contributed by atoms with E-state index in [0.29, 0.717) is 5.65 Å². The standard InChI is InChI=1S/C35H38FN9/c1-44(2)13-9-38-27-16-24(15-26(36)17-27)28-7-8-39-35-29(28)18-32(41-35)34-30-19-31(40-22-33(30)42-43-34)25-14-23(20-37-21-25)6-5-12-45-10-3-4-11-45/h7-8,14-22,38H,3-6,9-13H2,1-2H3,(H,39,41)(H,42,43). The van der Waals surface area contributed by atoms with Crippen molar-refractivity contribution in [3.8, 4) is 33.8 Å². The highest BCUT2D eigenvalue weighted by Crippen LogP contribution is 2.35. The molecule has 3 N–H and O–H groups in total. The number of likely N-dealkylation sites (N-methyl/N-ethyl adjacent to an activating group) is 1. The Hall–Kier alpha value is -4.67. The molecule has 0 bridgehead atoms. The number of likely N-dealkylation sites (tertiary alicyclic amines) is 1. The van der Waals surface area contributed by atoms with Crippen molar-refractivity contribution >= 4 is 27.6 Å². The van der Waals surface area contributed by atoms with Crippen LogP contribution in [0.5, 0.6) is 0 Å². The summed E-state index contributed by atoms with van der Waals surface area (Å²) < 4.78 is 14.7.